The first-order valence-corrected chi connectivity index (χ1v) is 5.15. The van der Waals surface area contributed by atoms with Gasteiger partial charge in [-0.1, -0.05) is 24.3 Å². The summed E-state index contributed by atoms with van der Waals surface area (Å²) in [5, 5.41) is 0. The van der Waals surface area contributed by atoms with E-state index in [9.17, 15) is 0 Å². The van der Waals surface area contributed by atoms with Gasteiger partial charge in [0.15, 0.2) is 0 Å². The van der Waals surface area contributed by atoms with Crippen molar-refractivity contribution < 1.29 is 4.74 Å². The van der Waals surface area contributed by atoms with E-state index in [0.717, 1.165) is 23.6 Å². The highest BCUT2D eigenvalue weighted by Crippen LogP contribution is 2.49. The lowest BCUT2D eigenvalue weighted by Crippen LogP contribution is -2.24. The lowest BCUT2D eigenvalue weighted by atomic mass is 9.76. The van der Waals surface area contributed by atoms with Gasteiger partial charge in [-0.15, -0.1) is 0 Å². The summed E-state index contributed by atoms with van der Waals surface area (Å²) < 4.78 is 5.82. The topological polar surface area (TPSA) is 35.2 Å². The smallest absolute Gasteiger partial charge is 0.131 e. The minimum Gasteiger partial charge on any atom is -0.460 e. The van der Waals surface area contributed by atoms with Crippen molar-refractivity contribution in [1.82, 2.24) is 0 Å². The van der Waals surface area contributed by atoms with Gasteiger partial charge in [0.2, 0.25) is 0 Å². The Morgan fingerprint density at radius 3 is 3.00 bits per heavy atom. The number of hydrogen-bond acceptors (Lipinski definition) is 2. The summed E-state index contributed by atoms with van der Waals surface area (Å²) in [7, 11) is 0. The molecule has 2 N–H and O–H groups in total. The summed E-state index contributed by atoms with van der Waals surface area (Å²) >= 11 is 0. The van der Waals surface area contributed by atoms with Gasteiger partial charge >= 0.3 is 0 Å². The van der Waals surface area contributed by atoms with Gasteiger partial charge in [0.1, 0.15) is 11.5 Å². The Bertz CT molecular complexity index is 487. The third-order valence-corrected chi connectivity index (χ3v) is 3.29. The molecular weight excluding hydrogens is 186 g/mol. The number of nitrogens with two attached hydrogens (primary N) is 1. The van der Waals surface area contributed by atoms with E-state index in [1.165, 1.54) is 5.56 Å². The van der Waals surface area contributed by atoms with Crippen LogP contribution in [0.4, 0.5) is 0 Å². The van der Waals surface area contributed by atoms with E-state index >= 15 is 0 Å². The third kappa shape index (κ3) is 1.05. The number of hydrogen-bond donors (Lipinski definition) is 1. The van der Waals surface area contributed by atoms with Crippen LogP contribution in [0.15, 0.2) is 47.9 Å². The second kappa shape index (κ2) is 2.66. The van der Waals surface area contributed by atoms with Crippen LogP contribution in [0.3, 0.4) is 0 Å². The number of para-hydroxylation sites is 1. The minimum absolute atomic E-state index is 0.0144. The SMILES string of the molecule is CC12CC=C(N)C=C1Oc1ccccc12. The summed E-state index contributed by atoms with van der Waals surface area (Å²) in [4.78, 5) is 0. The average molecular weight is 199 g/mol. The quantitative estimate of drug-likeness (QED) is 0.696. The van der Waals surface area contributed by atoms with Gasteiger partial charge in [-0.05, 0) is 19.4 Å². The lowest BCUT2D eigenvalue weighted by Gasteiger charge is -2.26. The molecule has 2 heteroatoms. The van der Waals surface area contributed by atoms with E-state index in [1.807, 2.05) is 18.2 Å². The van der Waals surface area contributed by atoms with Gasteiger partial charge in [-0.3, -0.25) is 0 Å². The summed E-state index contributed by atoms with van der Waals surface area (Å²) in [5.74, 6) is 1.94. The number of ether oxygens (including phenoxy) is 1. The molecule has 76 valence electrons. The Balaban J connectivity index is 2.19. The third-order valence-electron chi connectivity index (χ3n) is 3.29. The molecule has 1 aromatic rings. The van der Waals surface area contributed by atoms with Crippen molar-refractivity contribution in [3.05, 3.63) is 53.4 Å². The molecule has 2 nitrogen and oxygen atoms in total. The van der Waals surface area contributed by atoms with E-state index in [4.69, 9.17) is 10.5 Å². The van der Waals surface area contributed by atoms with Crippen LogP contribution in [-0.2, 0) is 5.41 Å². The standard InChI is InChI=1S/C13H13NO/c1-13-7-6-9(14)8-12(13)15-11-5-3-2-4-10(11)13/h2-6,8H,7,14H2,1H3. The Hall–Kier alpha value is -1.70. The van der Waals surface area contributed by atoms with Crippen LogP contribution in [0.5, 0.6) is 5.75 Å². The molecule has 1 unspecified atom stereocenters. The molecule has 1 atom stereocenters. The highest BCUT2D eigenvalue weighted by Gasteiger charge is 2.41. The van der Waals surface area contributed by atoms with Crippen molar-refractivity contribution in [2.75, 3.05) is 0 Å². The van der Waals surface area contributed by atoms with Crippen molar-refractivity contribution in [2.24, 2.45) is 5.73 Å². The molecule has 15 heavy (non-hydrogen) atoms. The number of allylic oxidation sites excluding steroid dienone is 3. The molecule has 0 aromatic heterocycles. The Kier molecular flexibility index (Phi) is 1.52. The predicted molar refractivity (Wildman–Crippen MR) is 59.4 cm³/mol. The van der Waals surface area contributed by atoms with Gasteiger partial charge in [-0.25, -0.2) is 0 Å². The predicted octanol–water partition coefficient (Wildman–Crippen LogP) is 2.47. The molecule has 3 rings (SSSR count). The van der Waals surface area contributed by atoms with E-state index < -0.39 is 0 Å². The summed E-state index contributed by atoms with van der Waals surface area (Å²) in [6.45, 7) is 2.20. The van der Waals surface area contributed by atoms with Crippen molar-refractivity contribution in [1.29, 1.82) is 0 Å². The monoisotopic (exact) mass is 199 g/mol. The fraction of sp³-hybridized carbons (Fsp3) is 0.231. The van der Waals surface area contributed by atoms with Gasteiger partial charge in [0, 0.05) is 17.3 Å². The molecule has 0 bridgehead atoms. The largest absolute Gasteiger partial charge is 0.460 e. The number of fused-ring (bicyclic) bond motifs is 3. The van der Waals surface area contributed by atoms with Crippen LogP contribution >= 0.6 is 0 Å². The molecule has 1 aliphatic heterocycles. The number of benzene rings is 1. The number of rotatable bonds is 0. The maximum Gasteiger partial charge on any atom is 0.131 e. The molecule has 0 fully saturated rings. The molecular formula is C13H13NO. The second-order valence-electron chi connectivity index (χ2n) is 4.35. The van der Waals surface area contributed by atoms with Gasteiger partial charge in [0.25, 0.3) is 0 Å². The second-order valence-corrected chi connectivity index (χ2v) is 4.35. The van der Waals surface area contributed by atoms with Crippen LogP contribution in [0.1, 0.15) is 18.9 Å². The summed E-state index contributed by atoms with van der Waals surface area (Å²) in [6.07, 6.45) is 4.92. The molecule has 0 amide bonds. The zero-order chi connectivity index (χ0) is 10.5. The van der Waals surface area contributed by atoms with Gasteiger partial charge in [-0.2, -0.15) is 0 Å². The zero-order valence-electron chi connectivity index (χ0n) is 8.66. The molecule has 0 saturated carbocycles. The zero-order valence-corrected chi connectivity index (χ0v) is 8.66. The molecule has 2 aliphatic rings. The van der Waals surface area contributed by atoms with Crippen LogP contribution in [-0.4, -0.2) is 0 Å². The van der Waals surface area contributed by atoms with Crippen LogP contribution in [0, 0.1) is 0 Å². The van der Waals surface area contributed by atoms with Crippen molar-refractivity contribution >= 4 is 0 Å². The molecule has 1 heterocycles. The highest BCUT2D eigenvalue weighted by atomic mass is 16.5. The van der Waals surface area contributed by atoms with E-state index in [2.05, 4.69) is 25.1 Å². The minimum atomic E-state index is -0.0144. The fourth-order valence-corrected chi connectivity index (χ4v) is 2.31. The first kappa shape index (κ1) is 8.60. The highest BCUT2D eigenvalue weighted by molar-refractivity contribution is 5.53. The molecule has 1 aromatic carbocycles. The van der Waals surface area contributed by atoms with Crippen molar-refractivity contribution in [3.63, 3.8) is 0 Å². The van der Waals surface area contributed by atoms with E-state index in [1.54, 1.807) is 0 Å². The fourth-order valence-electron chi connectivity index (χ4n) is 2.31. The Labute approximate surface area is 89.0 Å². The van der Waals surface area contributed by atoms with Gasteiger partial charge < -0.3 is 10.5 Å². The molecule has 0 spiro atoms. The normalized spacial score (nSPS) is 27.3. The van der Waals surface area contributed by atoms with Crippen molar-refractivity contribution in [2.45, 2.75) is 18.8 Å². The maximum atomic E-state index is 5.82. The molecule has 1 aliphatic carbocycles. The van der Waals surface area contributed by atoms with Crippen molar-refractivity contribution in [3.8, 4) is 5.75 Å². The van der Waals surface area contributed by atoms with Crippen LogP contribution in [0.25, 0.3) is 0 Å². The van der Waals surface area contributed by atoms with Gasteiger partial charge in [0.05, 0.1) is 5.41 Å². The maximum absolute atomic E-state index is 5.82. The first-order chi connectivity index (χ1) is 7.20. The Morgan fingerprint density at radius 1 is 1.33 bits per heavy atom. The summed E-state index contributed by atoms with van der Waals surface area (Å²) in [5.41, 5.74) is 7.84. The lowest BCUT2D eigenvalue weighted by molar-refractivity contribution is 0.375. The molecule has 0 radical (unpaired) electrons. The average Bonchev–Trinajstić information content (AvgIpc) is 2.52. The first-order valence-electron chi connectivity index (χ1n) is 5.15. The molecule has 0 saturated heterocycles. The van der Waals surface area contributed by atoms with E-state index in [-0.39, 0.29) is 5.41 Å². The van der Waals surface area contributed by atoms with Crippen LogP contribution in [0.2, 0.25) is 0 Å². The van der Waals surface area contributed by atoms with E-state index in [0.29, 0.717) is 0 Å². The van der Waals surface area contributed by atoms with Crippen LogP contribution < -0.4 is 10.5 Å². The Morgan fingerprint density at radius 2 is 2.13 bits per heavy atom. The summed E-state index contributed by atoms with van der Waals surface area (Å²) in [6, 6.07) is 8.19.